The van der Waals surface area contributed by atoms with Gasteiger partial charge in [0, 0.05) is 0 Å². The normalized spacial score (nSPS) is 22.2. The molecule has 1 rings (SSSR count). The molecule has 0 bridgehead atoms. The third-order valence-electron chi connectivity index (χ3n) is 2.65. The molecule has 0 aromatic carbocycles. The van der Waals surface area contributed by atoms with E-state index in [2.05, 4.69) is 53.7 Å². The summed E-state index contributed by atoms with van der Waals surface area (Å²) in [6.07, 6.45) is 2.71. The monoisotopic (exact) mass is 296 g/mol. The molecule has 1 fully saturated rings. The number of alkyl halides is 1. The Labute approximate surface area is 95.6 Å². The summed E-state index contributed by atoms with van der Waals surface area (Å²) in [5.74, 6) is 0.894. The zero-order chi connectivity index (χ0) is 9.90. The predicted molar refractivity (Wildman–Crippen MR) is 66.3 cm³/mol. The standard InChI is InChI=1S/C10H21IN2/c1-10(2,11)12-8-9-4-6-13(3)7-5-9/h9,12H,4-8H2,1-3H3. The van der Waals surface area contributed by atoms with Crippen LogP contribution in [0.25, 0.3) is 0 Å². The lowest BCUT2D eigenvalue weighted by molar-refractivity contribution is 0.213. The molecule has 1 N–H and O–H groups in total. The van der Waals surface area contributed by atoms with Gasteiger partial charge < -0.3 is 10.2 Å². The van der Waals surface area contributed by atoms with Crippen molar-refractivity contribution < 1.29 is 0 Å². The van der Waals surface area contributed by atoms with Gasteiger partial charge >= 0.3 is 0 Å². The van der Waals surface area contributed by atoms with Crippen LogP contribution in [0.2, 0.25) is 0 Å². The number of rotatable bonds is 3. The highest BCUT2D eigenvalue weighted by Gasteiger charge is 2.19. The zero-order valence-corrected chi connectivity index (χ0v) is 11.1. The molecule has 3 heteroatoms. The van der Waals surface area contributed by atoms with E-state index in [9.17, 15) is 0 Å². The molecule has 78 valence electrons. The van der Waals surface area contributed by atoms with Gasteiger partial charge in [0.1, 0.15) is 0 Å². The first-order valence-electron chi connectivity index (χ1n) is 5.10. The Balaban J connectivity index is 2.16. The minimum absolute atomic E-state index is 0.251. The Bertz CT molecular complexity index is 145. The average molecular weight is 296 g/mol. The fourth-order valence-electron chi connectivity index (χ4n) is 1.65. The summed E-state index contributed by atoms with van der Waals surface area (Å²) in [5, 5.41) is 3.57. The van der Waals surface area contributed by atoms with Gasteiger partial charge in [-0.3, -0.25) is 0 Å². The van der Waals surface area contributed by atoms with E-state index >= 15 is 0 Å². The summed E-state index contributed by atoms with van der Waals surface area (Å²) in [7, 11) is 2.21. The number of piperidine rings is 1. The topological polar surface area (TPSA) is 15.3 Å². The van der Waals surface area contributed by atoms with Gasteiger partial charge in [0.15, 0.2) is 0 Å². The number of hydrogen-bond donors (Lipinski definition) is 1. The first kappa shape index (κ1) is 11.7. The van der Waals surface area contributed by atoms with Crippen LogP contribution in [0.5, 0.6) is 0 Å². The Morgan fingerprint density at radius 1 is 1.38 bits per heavy atom. The predicted octanol–water partition coefficient (Wildman–Crippen LogP) is 2.09. The van der Waals surface area contributed by atoms with Crippen LogP contribution < -0.4 is 5.32 Å². The molecule has 0 saturated carbocycles. The maximum absolute atomic E-state index is 3.57. The molecule has 0 spiro atoms. The molecule has 1 aliphatic rings. The maximum atomic E-state index is 3.57. The van der Waals surface area contributed by atoms with Crippen molar-refractivity contribution in [3.05, 3.63) is 0 Å². The molecule has 0 aromatic heterocycles. The molecule has 1 heterocycles. The quantitative estimate of drug-likeness (QED) is 0.487. The molecule has 0 radical (unpaired) electrons. The molecule has 0 atom stereocenters. The highest BCUT2D eigenvalue weighted by Crippen LogP contribution is 2.18. The van der Waals surface area contributed by atoms with Gasteiger partial charge in [0.05, 0.1) is 3.55 Å². The molecule has 0 unspecified atom stereocenters. The van der Waals surface area contributed by atoms with E-state index < -0.39 is 0 Å². The van der Waals surface area contributed by atoms with Crippen molar-refractivity contribution in [3.63, 3.8) is 0 Å². The Morgan fingerprint density at radius 3 is 2.38 bits per heavy atom. The van der Waals surface area contributed by atoms with Crippen molar-refractivity contribution in [1.82, 2.24) is 10.2 Å². The Kier molecular flexibility index (Phi) is 4.45. The summed E-state index contributed by atoms with van der Waals surface area (Å²) in [6, 6.07) is 0. The third kappa shape index (κ3) is 5.18. The molecule has 1 aliphatic heterocycles. The maximum Gasteiger partial charge on any atom is 0.0648 e. The van der Waals surface area contributed by atoms with Crippen LogP contribution in [0.4, 0.5) is 0 Å². The van der Waals surface area contributed by atoms with E-state index in [1.165, 1.54) is 32.5 Å². The molecule has 0 aromatic rings. The molecule has 0 amide bonds. The second-order valence-corrected chi connectivity index (χ2v) is 7.30. The van der Waals surface area contributed by atoms with Crippen molar-refractivity contribution in [2.24, 2.45) is 5.92 Å². The fraction of sp³-hybridized carbons (Fsp3) is 1.00. The Morgan fingerprint density at radius 2 is 1.92 bits per heavy atom. The zero-order valence-electron chi connectivity index (χ0n) is 8.94. The van der Waals surface area contributed by atoms with Gasteiger partial charge in [0.25, 0.3) is 0 Å². The minimum atomic E-state index is 0.251. The second kappa shape index (κ2) is 4.94. The highest BCUT2D eigenvalue weighted by atomic mass is 127. The average Bonchev–Trinajstić information content (AvgIpc) is 2.02. The molecule has 2 nitrogen and oxygen atoms in total. The van der Waals surface area contributed by atoms with E-state index in [4.69, 9.17) is 0 Å². The number of halogens is 1. The molecule has 13 heavy (non-hydrogen) atoms. The molecule has 1 saturated heterocycles. The number of nitrogens with zero attached hydrogens (tertiary/aromatic N) is 1. The summed E-state index contributed by atoms with van der Waals surface area (Å²) < 4.78 is 0.251. The van der Waals surface area contributed by atoms with Crippen LogP contribution in [-0.2, 0) is 0 Å². The van der Waals surface area contributed by atoms with Crippen LogP contribution in [0.3, 0.4) is 0 Å². The SMILES string of the molecule is CN1CCC(CNC(C)(C)I)CC1. The number of nitrogens with one attached hydrogen (secondary N) is 1. The largest absolute Gasteiger partial charge is 0.306 e. The minimum Gasteiger partial charge on any atom is -0.306 e. The van der Waals surface area contributed by atoms with Crippen molar-refractivity contribution >= 4 is 22.6 Å². The smallest absolute Gasteiger partial charge is 0.0648 e. The van der Waals surface area contributed by atoms with Crippen LogP contribution >= 0.6 is 22.6 Å². The van der Waals surface area contributed by atoms with Gasteiger partial charge in [-0.2, -0.15) is 0 Å². The van der Waals surface area contributed by atoms with Crippen LogP contribution in [0, 0.1) is 5.92 Å². The summed E-state index contributed by atoms with van der Waals surface area (Å²) in [4.78, 5) is 2.42. The lowest BCUT2D eigenvalue weighted by atomic mass is 9.97. The van der Waals surface area contributed by atoms with Crippen molar-refractivity contribution in [2.45, 2.75) is 30.2 Å². The van der Waals surface area contributed by atoms with E-state index in [1.807, 2.05) is 0 Å². The third-order valence-corrected chi connectivity index (χ3v) is 3.03. The number of hydrogen-bond acceptors (Lipinski definition) is 2. The van der Waals surface area contributed by atoms with E-state index in [0.29, 0.717) is 0 Å². The highest BCUT2D eigenvalue weighted by molar-refractivity contribution is 14.1. The van der Waals surface area contributed by atoms with E-state index in [0.717, 1.165) is 5.92 Å². The summed E-state index contributed by atoms with van der Waals surface area (Å²) in [6.45, 7) is 8.18. The van der Waals surface area contributed by atoms with Gasteiger partial charge in [-0.1, -0.05) is 22.6 Å². The lowest BCUT2D eigenvalue weighted by Crippen LogP contribution is -2.40. The molecular weight excluding hydrogens is 275 g/mol. The van der Waals surface area contributed by atoms with Crippen molar-refractivity contribution in [3.8, 4) is 0 Å². The van der Waals surface area contributed by atoms with Gasteiger partial charge in [-0.15, -0.1) is 0 Å². The lowest BCUT2D eigenvalue weighted by Gasteiger charge is -2.31. The Hall–Kier alpha value is 0.650. The van der Waals surface area contributed by atoms with Gasteiger partial charge in [-0.05, 0) is 59.3 Å². The van der Waals surface area contributed by atoms with Gasteiger partial charge in [0.2, 0.25) is 0 Å². The van der Waals surface area contributed by atoms with E-state index in [-0.39, 0.29) is 3.55 Å². The summed E-state index contributed by atoms with van der Waals surface area (Å²) in [5.41, 5.74) is 0. The number of likely N-dealkylation sites (tertiary alicyclic amines) is 1. The van der Waals surface area contributed by atoms with Gasteiger partial charge in [-0.25, -0.2) is 0 Å². The summed E-state index contributed by atoms with van der Waals surface area (Å²) >= 11 is 2.46. The molecule has 0 aliphatic carbocycles. The van der Waals surface area contributed by atoms with Crippen LogP contribution in [0.1, 0.15) is 26.7 Å². The first-order chi connectivity index (χ1) is 5.97. The van der Waals surface area contributed by atoms with E-state index in [1.54, 1.807) is 0 Å². The van der Waals surface area contributed by atoms with Crippen LogP contribution in [0.15, 0.2) is 0 Å². The van der Waals surface area contributed by atoms with Crippen LogP contribution in [-0.4, -0.2) is 35.1 Å². The van der Waals surface area contributed by atoms with Crippen molar-refractivity contribution in [2.75, 3.05) is 26.7 Å². The molecular formula is C10H21IN2. The second-order valence-electron chi connectivity index (χ2n) is 4.60. The van der Waals surface area contributed by atoms with Crippen molar-refractivity contribution in [1.29, 1.82) is 0 Å². The fourth-order valence-corrected chi connectivity index (χ4v) is 1.87. The first-order valence-corrected chi connectivity index (χ1v) is 6.18.